The maximum absolute atomic E-state index is 10.6. The molecule has 0 aliphatic heterocycles. The van der Waals surface area contributed by atoms with Gasteiger partial charge in [-0.2, -0.15) is 0 Å². The predicted octanol–water partition coefficient (Wildman–Crippen LogP) is 2.13. The second-order valence-electron chi connectivity index (χ2n) is 4.80. The van der Waals surface area contributed by atoms with Gasteiger partial charge in [-0.05, 0) is 56.4 Å². The molecule has 4 N–H and O–H groups in total. The molecule has 0 amide bonds. The van der Waals surface area contributed by atoms with Crippen LogP contribution < -0.4 is 11.1 Å². The van der Waals surface area contributed by atoms with Crippen molar-refractivity contribution in [3.05, 3.63) is 28.3 Å². The smallest absolute Gasteiger partial charge is 0.320 e. The number of nitrogens with one attached hydrogen (secondary N) is 1. The Morgan fingerprint density at radius 3 is 2.22 bits per heavy atom. The Morgan fingerprint density at radius 2 is 1.78 bits per heavy atom. The fourth-order valence-corrected chi connectivity index (χ4v) is 1.96. The first-order chi connectivity index (χ1) is 8.34. The molecule has 0 heterocycles. The minimum absolute atomic E-state index is 0.418. The monoisotopic (exact) mass is 250 g/mol. The lowest BCUT2D eigenvalue weighted by atomic mass is 9.98. The summed E-state index contributed by atoms with van der Waals surface area (Å²) in [6.45, 7) is 8.87. The third-order valence-corrected chi connectivity index (χ3v) is 3.44. The van der Waals surface area contributed by atoms with Gasteiger partial charge in [0.2, 0.25) is 0 Å². The quantitative estimate of drug-likeness (QED) is 0.748. The van der Waals surface area contributed by atoms with E-state index in [2.05, 4.69) is 39.1 Å². The van der Waals surface area contributed by atoms with E-state index in [0.717, 1.165) is 5.69 Å². The summed E-state index contributed by atoms with van der Waals surface area (Å²) in [6.07, 6.45) is 0.418. The molecule has 0 aliphatic carbocycles. The Morgan fingerprint density at radius 1 is 1.28 bits per heavy atom. The largest absolute Gasteiger partial charge is 0.480 e. The van der Waals surface area contributed by atoms with Gasteiger partial charge in [0, 0.05) is 12.2 Å². The predicted molar refractivity (Wildman–Crippen MR) is 74.1 cm³/mol. The first kappa shape index (κ1) is 14.5. The zero-order valence-corrected chi connectivity index (χ0v) is 11.5. The third-order valence-electron chi connectivity index (χ3n) is 3.44. The van der Waals surface area contributed by atoms with E-state index >= 15 is 0 Å². The Hall–Kier alpha value is -1.55. The summed E-state index contributed by atoms with van der Waals surface area (Å²) in [5.74, 6) is -0.953. The summed E-state index contributed by atoms with van der Waals surface area (Å²) in [7, 11) is 0. The number of aryl methyl sites for hydroxylation is 2. The highest BCUT2D eigenvalue weighted by molar-refractivity contribution is 5.73. The molecule has 0 spiro atoms. The molecule has 0 aromatic heterocycles. The second kappa shape index (κ2) is 5.87. The van der Waals surface area contributed by atoms with Crippen LogP contribution in [0.5, 0.6) is 0 Å². The molecule has 1 atom stereocenters. The lowest BCUT2D eigenvalue weighted by Crippen LogP contribution is -2.32. The van der Waals surface area contributed by atoms with E-state index in [4.69, 9.17) is 10.8 Å². The molecule has 0 fully saturated rings. The zero-order valence-electron chi connectivity index (χ0n) is 11.5. The number of aliphatic carboxylic acids is 1. The number of benzene rings is 1. The van der Waals surface area contributed by atoms with E-state index in [1.807, 2.05) is 0 Å². The van der Waals surface area contributed by atoms with Crippen molar-refractivity contribution in [3.8, 4) is 0 Å². The first-order valence-electron chi connectivity index (χ1n) is 6.14. The fraction of sp³-hybridized carbons (Fsp3) is 0.500. The minimum Gasteiger partial charge on any atom is -0.480 e. The number of anilines is 1. The molecule has 1 aromatic carbocycles. The lowest BCUT2D eigenvalue weighted by molar-refractivity contribution is -0.138. The van der Waals surface area contributed by atoms with Crippen molar-refractivity contribution in [1.82, 2.24) is 0 Å². The van der Waals surface area contributed by atoms with Gasteiger partial charge in [0.15, 0.2) is 0 Å². The Labute approximate surface area is 108 Å². The molecule has 1 rings (SSSR count). The van der Waals surface area contributed by atoms with Crippen LogP contribution in [0.1, 0.15) is 28.7 Å². The number of hydrogen-bond acceptors (Lipinski definition) is 3. The van der Waals surface area contributed by atoms with Gasteiger partial charge < -0.3 is 16.2 Å². The topological polar surface area (TPSA) is 75.3 Å². The van der Waals surface area contributed by atoms with Crippen molar-refractivity contribution in [2.75, 3.05) is 11.9 Å². The molecule has 0 saturated carbocycles. The highest BCUT2D eigenvalue weighted by Gasteiger charge is 2.12. The van der Waals surface area contributed by atoms with E-state index in [1.165, 1.54) is 22.3 Å². The Balaban J connectivity index is 2.76. The van der Waals surface area contributed by atoms with Crippen LogP contribution in [0.4, 0.5) is 5.69 Å². The summed E-state index contributed by atoms with van der Waals surface area (Å²) < 4.78 is 0. The summed E-state index contributed by atoms with van der Waals surface area (Å²) in [5, 5.41) is 12.0. The number of carboxylic acid groups (broad SMARTS) is 1. The molecule has 0 saturated heterocycles. The number of nitrogens with two attached hydrogens (primary N) is 1. The summed E-state index contributed by atoms with van der Waals surface area (Å²) in [4.78, 5) is 10.6. The van der Waals surface area contributed by atoms with Crippen molar-refractivity contribution >= 4 is 11.7 Å². The van der Waals surface area contributed by atoms with Gasteiger partial charge in [0.25, 0.3) is 0 Å². The molecule has 18 heavy (non-hydrogen) atoms. The van der Waals surface area contributed by atoms with Crippen molar-refractivity contribution < 1.29 is 9.90 Å². The molecule has 0 radical (unpaired) electrons. The van der Waals surface area contributed by atoms with Crippen LogP contribution in [0, 0.1) is 27.7 Å². The van der Waals surface area contributed by atoms with Crippen LogP contribution in [0.2, 0.25) is 0 Å². The minimum atomic E-state index is -0.953. The van der Waals surface area contributed by atoms with Crippen LogP contribution in [0.25, 0.3) is 0 Å². The van der Waals surface area contributed by atoms with Gasteiger partial charge in [-0.15, -0.1) is 0 Å². The van der Waals surface area contributed by atoms with Crippen LogP contribution >= 0.6 is 0 Å². The van der Waals surface area contributed by atoms with E-state index in [-0.39, 0.29) is 0 Å². The molecule has 1 unspecified atom stereocenters. The van der Waals surface area contributed by atoms with Gasteiger partial charge in [0.05, 0.1) is 0 Å². The summed E-state index contributed by atoms with van der Waals surface area (Å²) in [5.41, 5.74) is 11.5. The molecule has 100 valence electrons. The first-order valence-corrected chi connectivity index (χ1v) is 6.14. The standard InChI is InChI=1S/C14H22N2O2/c1-8-7-9(2)11(4)13(10(8)3)16-6-5-12(15)14(17)18/h7,12,16H,5-6,15H2,1-4H3,(H,17,18). The number of carboxylic acids is 1. The average molecular weight is 250 g/mol. The van der Waals surface area contributed by atoms with Gasteiger partial charge in [0.1, 0.15) is 6.04 Å². The number of carbonyl (C=O) groups is 1. The van der Waals surface area contributed by atoms with Gasteiger partial charge in [-0.1, -0.05) is 6.07 Å². The van der Waals surface area contributed by atoms with Crippen LogP contribution in [-0.4, -0.2) is 23.7 Å². The molecular weight excluding hydrogens is 228 g/mol. The van der Waals surface area contributed by atoms with Crippen LogP contribution in [0.15, 0.2) is 6.07 Å². The fourth-order valence-electron chi connectivity index (χ4n) is 1.96. The van der Waals surface area contributed by atoms with Crippen LogP contribution in [0.3, 0.4) is 0 Å². The maximum Gasteiger partial charge on any atom is 0.320 e. The molecular formula is C14H22N2O2. The molecule has 1 aromatic rings. The zero-order chi connectivity index (χ0) is 13.9. The van der Waals surface area contributed by atoms with E-state index in [0.29, 0.717) is 13.0 Å². The second-order valence-corrected chi connectivity index (χ2v) is 4.80. The van der Waals surface area contributed by atoms with Crippen molar-refractivity contribution in [1.29, 1.82) is 0 Å². The van der Waals surface area contributed by atoms with E-state index in [1.54, 1.807) is 0 Å². The van der Waals surface area contributed by atoms with Gasteiger partial charge >= 0.3 is 5.97 Å². The summed E-state index contributed by atoms with van der Waals surface area (Å²) in [6, 6.07) is 1.36. The van der Waals surface area contributed by atoms with Crippen LogP contribution in [-0.2, 0) is 4.79 Å². The van der Waals surface area contributed by atoms with Crippen molar-refractivity contribution in [2.45, 2.75) is 40.2 Å². The molecule has 0 aliphatic rings. The lowest BCUT2D eigenvalue weighted by Gasteiger charge is -2.17. The number of hydrogen-bond donors (Lipinski definition) is 3. The Bertz CT molecular complexity index is 429. The van der Waals surface area contributed by atoms with E-state index in [9.17, 15) is 4.79 Å². The Kier molecular flexibility index (Phi) is 4.73. The highest BCUT2D eigenvalue weighted by Crippen LogP contribution is 2.26. The summed E-state index contributed by atoms with van der Waals surface area (Å²) >= 11 is 0. The average Bonchev–Trinajstić information content (AvgIpc) is 2.30. The van der Waals surface area contributed by atoms with Gasteiger partial charge in [-0.25, -0.2) is 0 Å². The maximum atomic E-state index is 10.6. The van der Waals surface area contributed by atoms with Crippen molar-refractivity contribution in [2.24, 2.45) is 5.73 Å². The molecule has 4 nitrogen and oxygen atoms in total. The van der Waals surface area contributed by atoms with E-state index < -0.39 is 12.0 Å². The van der Waals surface area contributed by atoms with Crippen molar-refractivity contribution in [3.63, 3.8) is 0 Å². The SMILES string of the molecule is Cc1cc(C)c(C)c(NCCC(N)C(=O)O)c1C. The number of rotatable bonds is 5. The third kappa shape index (κ3) is 3.23. The molecule has 0 bridgehead atoms. The highest BCUT2D eigenvalue weighted by atomic mass is 16.4. The normalized spacial score (nSPS) is 12.3. The molecule has 4 heteroatoms. The van der Waals surface area contributed by atoms with Gasteiger partial charge in [-0.3, -0.25) is 4.79 Å².